The molecule has 1 N–H and O–H groups in total. The predicted molar refractivity (Wildman–Crippen MR) is 75.6 cm³/mol. The Hall–Kier alpha value is -2.24. The summed E-state index contributed by atoms with van der Waals surface area (Å²) in [6, 6.07) is 5.95. The Balaban J connectivity index is 2.09. The van der Waals surface area contributed by atoms with Crippen molar-refractivity contribution in [1.82, 2.24) is 14.8 Å². The van der Waals surface area contributed by atoms with Gasteiger partial charge in [0.1, 0.15) is 17.3 Å². The first-order valence-electron chi connectivity index (χ1n) is 6.62. The van der Waals surface area contributed by atoms with Crippen LogP contribution in [0.4, 0.5) is 5.95 Å². The van der Waals surface area contributed by atoms with E-state index in [1.165, 1.54) is 0 Å². The van der Waals surface area contributed by atoms with Crippen molar-refractivity contribution in [2.75, 3.05) is 26.1 Å². The average molecular weight is 274 g/mol. The number of hydrogen-bond acceptors (Lipinski definition) is 5. The lowest BCUT2D eigenvalue weighted by Crippen LogP contribution is -2.25. The Kier molecular flexibility index (Phi) is 3.22. The van der Waals surface area contributed by atoms with Crippen molar-refractivity contribution in [1.29, 1.82) is 0 Å². The van der Waals surface area contributed by atoms with E-state index >= 15 is 0 Å². The van der Waals surface area contributed by atoms with E-state index in [1.807, 2.05) is 29.8 Å². The van der Waals surface area contributed by atoms with Crippen LogP contribution in [-0.2, 0) is 0 Å². The van der Waals surface area contributed by atoms with Gasteiger partial charge in [0.25, 0.3) is 0 Å². The van der Waals surface area contributed by atoms with Gasteiger partial charge in [-0.05, 0) is 31.5 Å². The molecule has 2 aromatic rings. The fourth-order valence-electron chi connectivity index (χ4n) is 2.60. The molecular weight excluding hydrogens is 256 g/mol. The summed E-state index contributed by atoms with van der Waals surface area (Å²) < 4.78 is 12.7. The van der Waals surface area contributed by atoms with E-state index in [2.05, 4.69) is 15.4 Å². The van der Waals surface area contributed by atoms with Crippen molar-refractivity contribution in [2.45, 2.75) is 19.4 Å². The second-order valence-electron chi connectivity index (χ2n) is 4.77. The Morgan fingerprint density at radius 1 is 1.30 bits per heavy atom. The predicted octanol–water partition coefficient (Wildman–Crippen LogP) is 2.01. The molecule has 20 heavy (non-hydrogen) atoms. The van der Waals surface area contributed by atoms with Gasteiger partial charge in [-0.15, -0.1) is 0 Å². The van der Waals surface area contributed by atoms with Crippen molar-refractivity contribution < 1.29 is 9.47 Å². The molecule has 0 spiro atoms. The van der Waals surface area contributed by atoms with E-state index in [9.17, 15) is 0 Å². The van der Waals surface area contributed by atoms with Crippen molar-refractivity contribution in [3.8, 4) is 11.5 Å². The van der Waals surface area contributed by atoms with E-state index in [4.69, 9.17) is 9.47 Å². The number of nitrogens with zero attached hydrogens (tertiary/aromatic N) is 3. The van der Waals surface area contributed by atoms with Crippen LogP contribution in [0.15, 0.2) is 18.2 Å². The molecule has 0 bridgehead atoms. The fraction of sp³-hybridized carbons (Fsp3) is 0.429. The number of methoxy groups -OCH3 is 2. The molecule has 0 fully saturated rings. The summed E-state index contributed by atoms with van der Waals surface area (Å²) in [4.78, 5) is 4.39. The maximum atomic E-state index is 5.48. The van der Waals surface area contributed by atoms with Gasteiger partial charge < -0.3 is 14.8 Å². The number of ether oxygens (including phenoxy) is 2. The molecule has 1 aliphatic heterocycles. The minimum Gasteiger partial charge on any atom is -0.497 e. The molecule has 0 radical (unpaired) electrons. The van der Waals surface area contributed by atoms with Crippen molar-refractivity contribution in [3.05, 3.63) is 29.6 Å². The minimum atomic E-state index is 0.109. The molecule has 1 aromatic heterocycles. The van der Waals surface area contributed by atoms with Gasteiger partial charge in [-0.1, -0.05) is 0 Å². The second kappa shape index (κ2) is 5.03. The number of aryl methyl sites for hydroxylation is 1. The van der Waals surface area contributed by atoms with Crippen LogP contribution < -0.4 is 14.8 Å². The highest BCUT2D eigenvalue weighted by atomic mass is 16.5. The second-order valence-corrected chi connectivity index (χ2v) is 4.77. The van der Waals surface area contributed by atoms with Crippen LogP contribution >= 0.6 is 0 Å². The highest BCUT2D eigenvalue weighted by Crippen LogP contribution is 2.36. The fourth-order valence-corrected chi connectivity index (χ4v) is 2.60. The highest BCUT2D eigenvalue weighted by Gasteiger charge is 2.26. The summed E-state index contributed by atoms with van der Waals surface area (Å²) in [6.07, 6.45) is 0.930. The van der Waals surface area contributed by atoms with Gasteiger partial charge in [0.2, 0.25) is 5.95 Å². The van der Waals surface area contributed by atoms with Crippen LogP contribution in [0, 0.1) is 6.92 Å². The van der Waals surface area contributed by atoms with Crippen molar-refractivity contribution in [3.63, 3.8) is 0 Å². The Morgan fingerprint density at radius 2 is 2.15 bits per heavy atom. The minimum absolute atomic E-state index is 0.109. The normalized spacial score (nSPS) is 17.2. The Labute approximate surface area is 117 Å². The summed E-state index contributed by atoms with van der Waals surface area (Å²) in [5.74, 6) is 3.24. The summed E-state index contributed by atoms with van der Waals surface area (Å²) in [5, 5.41) is 7.75. The molecule has 1 unspecified atom stereocenters. The molecule has 0 saturated carbocycles. The molecule has 6 nitrogen and oxygen atoms in total. The zero-order chi connectivity index (χ0) is 14.1. The van der Waals surface area contributed by atoms with Gasteiger partial charge in [-0.25, -0.2) is 4.68 Å². The first-order valence-corrected chi connectivity index (χ1v) is 6.62. The van der Waals surface area contributed by atoms with Crippen molar-refractivity contribution >= 4 is 5.95 Å². The first-order chi connectivity index (χ1) is 9.72. The zero-order valence-electron chi connectivity index (χ0n) is 11.9. The van der Waals surface area contributed by atoms with Gasteiger partial charge >= 0.3 is 0 Å². The lowest BCUT2D eigenvalue weighted by atomic mass is 10.0. The molecule has 1 aromatic carbocycles. The third-order valence-corrected chi connectivity index (χ3v) is 3.53. The summed E-state index contributed by atoms with van der Waals surface area (Å²) >= 11 is 0. The van der Waals surface area contributed by atoms with Crippen LogP contribution in [-0.4, -0.2) is 35.5 Å². The van der Waals surface area contributed by atoms with Gasteiger partial charge in [0.05, 0.1) is 20.3 Å². The molecule has 3 rings (SSSR count). The maximum absolute atomic E-state index is 5.48. The van der Waals surface area contributed by atoms with Gasteiger partial charge in [-0.3, -0.25) is 0 Å². The summed E-state index contributed by atoms with van der Waals surface area (Å²) in [7, 11) is 3.35. The number of rotatable bonds is 3. The third kappa shape index (κ3) is 2.07. The number of benzene rings is 1. The standard InChI is InChI=1S/C14H18N4O2/c1-9-16-14-15-7-6-12(18(14)17-9)11-8-10(19-2)4-5-13(11)20-3/h4-5,8,12H,6-7H2,1-3H3,(H,15,16,17). The Morgan fingerprint density at radius 3 is 2.90 bits per heavy atom. The monoisotopic (exact) mass is 274 g/mol. The zero-order valence-corrected chi connectivity index (χ0v) is 11.9. The number of anilines is 1. The van der Waals surface area contributed by atoms with Crippen LogP contribution in [0.5, 0.6) is 11.5 Å². The smallest absolute Gasteiger partial charge is 0.221 e. The molecule has 1 atom stereocenters. The quantitative estimate of drug-likeness (QED) is 0.927. The largest absolute Gasteiger partial charge is 0.497 e. The van der Waals surface area contributed by atoms with Gasteiger partial charge in [0.15, 0.2) is 0 Å². The topological polar surface area (TPSA) is 61.2 Å². The van der Waals surface area contributed by atoms with Crippen LogP contribution in [0.1, 0.15) is 23.9 Å². The first kappa shape index (κ1) is 12.8. The van der Waals surface area contributed by atoms with E-state index in [1.54, 1.807) is 14.2 Å². The molecule has 1 aliphatic rings. The maximum Gasteiger partial charge on any atom is 0.221 e. The van der Waals surface area contributed by atoms with E-state index in [-0.39, 0.29) is 6.04 Å². The Bertz CT molecular complexity index is 624. The summed E-state index contributed by atoms with van der Waals surface area (Å²) in [6.45, 7) is 2.76. The number of fused-ring (bicyclic) bond motifs is 1. The van der Waals surface area contributed by atoms with Crippen molar-refractivity contribution in [2.24, 2.45) is 0 Å². The molecule has 0 amide bonds. The summed E-state index contributed by atoms with van der Waals surface area (Å²) in [5.41, 5.74) is 1.07. The average Bonchev–Trinajstić information content (AvgIpc) is 2.86. The molecule has 6 heteroatoms. The SMILES string of the molecule is COc1ccc(OC)c(C2CCNc3nc(C)nn32)c1. The number of aromatic nitrogens is 3. The lowest BCUT2D eigenvalue weighted by molar-refractivity contribution is 0.382. The van der Waals surface area contributed by atoms with Crippen LogP contribution in [0.2, 0.25) is 0 Å². The lowest BCUT2D eigenvalue weighted by Gasteiger charge is -2.26. The molecule has 106 valence electrons. The highest BCUT2D eigenvalue weighted by molar-refractivity contribution is 5.44. The molecule has 0 aliphatic carbocycles. The van der Waals surface area contributed by atoms with Gasteiger partial charge in [-0.2, -0.15) is 10.1 Å². The molecular formula is C14H18N4O2. The van der Waals surface area contributed by atoms with E-state index < -0.39 is 0 Å². The van der Waals surface area contributed by atoms with Gasteiger partial charge in [0, 0.05) is 12.1 Å². The molecule has 2 heterocycles. The van der Waals surface area contributed by atoms with Crippen LogP contribution in [0.3, 0.4) is 0 Å². The van der Waals surface area contributed by atoms with E-state index in [0.717, 1.165) is 41.8 Å². The molecule has 0 saturated heterocycles. The number of nitrogens with one attached hydrogen (secondary N) is 1. The van der Waals surface area contributed by atoms with Crippen LogP contribution in [0.25, 0.3) is 0 Å². The third-order valence-electron chi connectivity index (χ3n) is 3.53. The number of hydrogen-bond donors (Lipinski definition) is 1. The van der Waals surface area contributed by atoms with E-state index in [0.29, 0.717) is 0 Å².